The van der Waals surface area contributed by atoms with Gasteiger partial charge in [-0.25, -0.2) is 0 Å². The van der Waals surface area contributed by atoms with Crippen LogP contribution in [0.25, 0.3) is 12.2 Å². The average Bonchev–Trinajstić information content (AvgIpc) is 2.67. The second-order valence-electron chi connectivity index (χ2n) is 5.03. The first-order valence-electron chi connectivity index (χ1n) is 6.02. The van der Waals surface area contributed by atoms with Crippen LogP contribution in [-0.2, 0) is 17.6 Å². The molecule has 0 saturated carbocycles. The van der Waals surface area contributed by atoms with Crippen LogP contribution in [0, 0.1) is 0 Å². The minimum Gasteiger partial charge on any atom is -0.480 e. The van der Waals surface area contributed by atoms with Crippen molar-refractivity contribution in [3.63, 3.8) is 0 Å². The van der Waals surface area contributed by atoms with E-state index in [1.807, 2.05) is 0 Å². The molecule has 4 N–H and O–H groups in total. The standard InChI is InChI=1S/C13H16N2O2/c14-13(12(16)17)6-5-11-9(7-13)8-3-1-2-4-10(8)15-11/h3-4,15H,1-2,5-7,14H2,(H,16,17). The molecule has 1 heterocycles. The molecule has 2 aliphatic carbocycles. The molecule has 0 fully saturated rings. The van der Waals surface area contributed by atoms with Gasteiger partial charge in [-0.3, -0.25) is 4.79 Å². The normalized spacial score (nSPS) is 26.4. The van der Waals surface area contributed by atoms with Crippen molar-refractivity contribution in [3.05, 3.63) is 21.8 Å². The highest BCUT2D eigenvalue weighted by Gasteiger charge is 2.38. The number of hydrogen-bond donors (Lipinski definition) is 3. The lowest BCUT2D eigenvalue weighted by atomic mass is 9.81. The Labute approximate surface area is 98.8 Å². The van der Waals surface area contributed by atoms with E-state index in [-0.39, 0.29) is 0 Å². The number of fused-ring (bicyclic) bond motifs is 3. The molecule has 4 nitrogen and oxygen atoms in total. The van der Waals surface area contributed by atoms with Gasteiger partial charge < -0.3 is 15.8 Å². The number of H-pyrrole nitrogens is 1. The molecule has 1 aromatic rings. The maximum atomic E-state index is 11.2. The zero-order valence-electron chi connectivity index (χ0n) is 9.62. The molecular weight excluding hydrogens is 216 g/mol. The third-order valence-electron chi connectivity index (χ3n) is 3.87. The highest BCUT2D eigenvalue weighted by Crippen LogP contribution is 2.24. The fourth-order valence-electron chi connectivity index (χ4n) is 2.83. The molecule has 2 aliphatic rings. The lowest BCUT2D eigenvalue weighted by molar-refractivity contribution is -0.143. The number of aliphatic carboxylic acids is 1. The fraction of sp³-hybridized carbons (Fsp3) is 0.462. The van der Waals surface area contributed by atoms with Gasteiger partial charge in [0.2, 0.25) is 0 Å². The van der Waals surface area contributed by atoms with Gasteiger partial charge in [-0.15, -0.1) is 0 Å². The lowest BCUT2D eigenvalue weighted by Gasteiger charge is -2.29. The smallest absolute Gasteiger partial charge is 0.324 e. The van der Waals surface area contributed by atoms with Crippen LogP contribution >= 0.6 is 0 Å². The molecule has 0 spiro atoms. The number of rotatable bonds is 1. The third-order valence-corrected chi connectivity index (χ3v) is 3.87. The Hall–Kier alpha value is -1.55. The van der Waals surface area contributed by atoms with E-state index in [1.165, 1.54) is 10.9 Å². The summed E-state index contributed by atoms with van der Waals surface area (Å²) in [5.74, 6) is -0.891. The highest BCUT2D eigenvalue weighted by atomic mass is 16.4. The molecule has 90 valence electrons. The summed E-state index contributed by atoms with van der Waals surface area (Å²) in [5.41, 5.74) is 7.17. The van der Waals surface area contributed by atoms with E-state index in [1.54, 1.807) is 0 Å². The van der Waals surface area contributed by atoms with E-state index in [4.69, 9.17) is 5.73 Å². The van der Waals surface area contributed by atoms with E-state index in [0.717, 1.165) is 30.2 Å². The van der Waals surface area contributed by atoms with E-state index in [2.05, 4.69) is 17.1 Å². The van der Waals surface area contributed by atoms with Crippen molar-refractivity contribution >= 4 is 18.1 Å². The van der Waals surface area contributed by atoms with Gasteiger partial charge in [-0.2, -0.15) is 0 Å². The summed E-state index contributed by atoms with van der Waals surface area (Å²) in [6.07, 6.45) is 8.14. The zero-order chi connectivity index (χ0) is 12.0. The van der Waals surface area contributed by atoms with Gasteiger partial charge in [0, 0.05) is 17.5 Å². The lowest BCUT2D eigenvalue weighted by Crippen LogP contribution is -2.53. The Balaban J connectivity index is 2.15. The Morgan fingerprint density at radius 2 is 2.18 bits per heavy atom. The first kappa shape index (κ1) is 10.6. The molecule has 0 radical (unpaired) electrons. The summed E-state index contributed by atoms with van der Waals surface area (Å²) in [5, 5.41) is 11.5. The Kier molecular flexibility index (Phi) is 2.16. The number of aryl methyl sites for hydroxylation is 1. The summed E-state index contributed by atoms with van der Waals surface area (Å²) >= 11 is 0. The van der Waals surface area contributed by atoms with E-state index < -0.39 is 11.5 Å². The number of carbonyl (C=O) groups is 1. The first-order valence-corrected chi connectivity index (χ1v) is 6.02. The van der Waals surface area contributed by atoms with Crippen molar-refractivity contribution < 1.29 is 9.90 Å². The maximum absolute atomic E-state index is 11.2. The molecule has 0 saturated heterocycles. The predicted octanol–water partition coefficient (Wildman–Crippen LogP) is -0.360. The van der Waals surface area contributed by atoms with E-state index in [9.17, 15) is 9.90 Å². The van der Waals surface area contributed by atoms with Crippen molar-refractivity contribution in [3.8, 4) is 0 Å². The van der Waals surface area contributed by atoms with Crippen LogP contribution in [0.15, 0.2) is 0 Å². The van der Waals surface area contributed by atoms with Gasteiger partial charge in [0.15, 0.2) is 0 Å². The molecule has 4 heteroatoms. The number of nitrogens with two attached hydrogens (primary N) is 1. The monoisotopic (exact) mass is 232 g/mol. The molecule has 0 aromatic carbocycles. The zero-order valence-corrected chi connectivity index (χ0v) is 9.62. The van der Waals surface area contributed by atoms with Gasteiger partial charge in [0.25, 0.3) is 0 Å². The summed E-state index contributed by atoms with van der Waals surface area (Å²) in [7, 11) is 0. The number of nitrogens with one attached hydrogen (secondary N) is 1. The summed E-state index contributed by atoms with van der Waals surface area (Å²) < 4.78 is 0. The van der Waals surface area contributed by atoms with Crippen molar-refractivity contribution in [2.45, 2.75) is 37.6 Å². The number of carboxylic acids is 1. The molecular formula is C13H16N2O2. The van der Waals surface area contributed by atoms with Gasteiger partial charge in [-0.05, 0) is 36.5 Å². The maximum Gasteiger partial charge on any atom is 0.324 e. The Morgan fingerprint density at radius 3 is 2.94 bits per heavy atom. The topological polar surface area (TPSA) is 79.1 Å². The van der Waals surface area contributed by atoms with Gasteiger partial charge in [-0.1, -0.05) is 12.2 Å². The van der Waals surface area contributed by atoms with Crippen LogP contribution in [0.3, 0.4) is 0 Å². The molecule has 3 rings (SSSR count). The fourth-order valence-corrected chi connectivity index (χ4v) is 2.83. The number of aromatic nitrogens is 1. The molecule has 17 heavy (non-hydrogen) atoms. The average molecular weight is 232 g/mol. The van der Waals surface area contributed by atoms with Crippen molar-refractivity contribution in [1.29, 1.82) is 0 Å². The molecule has 0 bridgehead atoms. The number of aromatic amines is 1. The largest absolute Gasteiger partial charge is 0.480 e. The molecule has 0 amide bonds. The number of hydrogen-bond acceptors (Lipinski definition) is 2. The third kappa shape index (κ3) is 1.52. The van der Waals surface area contributed by atoms with Gasteiger partial charge >= 0.3 is 5.97 Å². The minimum absolute atomic E-state index is 0.438. The summed E-state index contributed by atoms with van der Waals surface area (Å²) in [6.45, 7) is 0. The van der Waals surface area contributed by atoms with Crippen molar-refractivity contribution in [1.82, 2.24) is 4.98 Å². The summed E-state index contributed by atoms with van der Waals surface area (Å²) in [4.78, 5) is 14.6. The minimum atomic E-state index is -1.09. The van der Waals surface area contributed by atoms with Crippen molar-refractivity contribution in [2.24, 2.45) is 5.73 Å². The number of carboxylic acid groups (broad SMARTS) is 1. The first-order chi connectivity index (χ1) is 8.10. The van der Waals surface area contributed by atoms with Crippen LogP contribution in [0.2, 0.25) is 0 Å². The van der Waals surface area contributed by atoms with Crippen LogP contribution in [0.1, 0.15) is 30.5 Å². The van der Waals surface area contributed by atoms with Gasteiger partial charge in [0.1, 0.15) is 5.54 Å². The van der Waals surface area contributed by atoms with Crippen LogP contribution in [0.4, 0.5) is 0 Å². The molecule has 1 aromatic heterocycles. The van der Waals surface area contributed by atoms with Crippen molar-refractivity contribution in [2.75, 3.05) is 0 Å². The Morgan fingerprint density at radius 1 is 1.41 bits per heavy atom. The van der Waals surface area contributed by atoms with Crippen LogP contribution in [0.5, 0.6) is 0 Å². The summed E-state index contributed by atoms with van der Waals surface area (Å²) in [6, 6.07) is 0. The second kappa shape index (κ2) is 3.47. The molecule has 1 unspecified atom stereocenters. The molecule has 0 aliphatic heterocycles. The van der Waals surface area contributed by atoms with E-state index in [0.29, 0.717) is 12.8 Å². The second-order valence-corrected chi connectivity index (χ2v) is 5.03. The van der Waals surface area contributed by atoms with Crippen LogP contribution < -0.4 is 16.3 Å². The molecule has 1 atom stereocenters. The van der Waals surface area contributed by atoms with Gasteiger partial charge in [0.05, 0.1) is 0 Å². The van der Waals surface area contributed by atoms with E-state index >= 15 is 0 Å². The SMILES string of the molecule is NC1(C(=O)O)CCc2[nH]c3c(c2C1)=CCCC=3. The quantitative estimate of drug-likeness (QED) is 0.618. The predicted molar refractivity (Wildman–Crippen MR) is 64.8 cm³/mol. The highest BCUT2D eigenvalue weighted by molar-refractivity contribution is 5.79. The van der Waals surface area contributed by atoms with Crippen LogP contribution in [-0.4, -0.2) is 21.6 Å². The Bertz CT molecular complexity index is 600.